The minimum atomic E-state index is -0.448. The average molecular weight is 577 g/mol. The van der Waals surface area contributed by atoms with Gasteiger partial charge in [0, 0.05) is 48.9 Å². The van der Waals surface area contributed by atoms with Crippen molar-refractivity contribution in [3.8, 4) is 0 Å². The van der Waals surface area contributed by atoms with Crippen LogP contribution in [0.25, 0.3) is 0 Å². The number of nitrogens with one attached hydrogen (secondary N) is 2. The first-order valence-corrected chi connectivity index (χ1v) is 14.4. The van der Waals surface area contributed by atoms with E-state index in [1.165, 1.54) is 18.0 Å². The summed E-state index contributed by atoms with van der Waals surface area (Å²) >= 11 is 7.28. The predicted octanol–water partition coefficient (Wildman–Crippen LogP) is 4.65. The highest BCUT2D eigenvalue weighted by Gasteiger charge is 2.20. The number of aromatic nitrogens is 1. The largest absolute Gasteiger partial charge is 0.358 e. The molecule has 1 saturated heterocycles. The van der Waals surface area contributed by atoms with Gasteiger partial charge in [0.1, 0.15) is 11.7 Å². The van der Waals surface area contributed by atoms with E-state index in [-0.39, 0.29) is 23.1 Å². The van der Waals surface area contributed by atoms with Crippen LogP contribution in [0.3, 0.4) is 0 Å². The zero-order chi connectivity index (χ0) is 28.1. The molecule has 5 rings (SSSR count). The van der Waals surface area contributed by atoms with Gasteiger partial charge in [-0.2, -0.15) is 0 Å². The van der Waals surface area contributed by atoms with Crippen molar-refractivity contribution in [2.75, 3.05) is 49.6 Å². The van der Waals surface area contributed by atoms with Crippen molar-refractivity contribution in [3.05, 3.63) is 82.5 Å². The van der Waals surface area contributed by atoms with Crippen LogP contribution in [0.4, 0.5) is 11.5 Å². The highest BCUT2D eigenvalue weighted by Crippen LogP contribution is 2.27. The molecule has 0 bridgehead atoms. The fourth-order valence-corrected chi connectivity index (χ4v) is 5.51. The summed E-state index contributed by atoms with van der Waals surface area (Å²) in [4.78, 5) is 52.4. The smallest absolute Gasteiger partial charge is 0.258 e. The molecule has 0 spiro atoms. The van der Waals surface area contributed by atoms with Gasteiger partial charge in [0.15, 0.2) is 0 Å². The van der Waals surface area contributed by atoms with E-state index in [1.54, 1.807) is 42.5 Å². The molecule has 1 aromatic heterocycles. The van der Waals surface area contributed by atoms with Crippen LogP contribution in [0.15, 0.2) is 70.7 Å². The summed E-state index contributed by atoms with van der Waals surface area (Å²) in [5, 5.41) is 6.08. The fraction of sp³-hybridized carbons (Fsp3) is 0.276. The first-order valence-electron chi connectivity index (χ1n) is 13.0. The van der Waals surface area contributed by atoms with Gasteiger partial charge in [0.25, 0.3) is 11.8 Å². The molecule has 3 amide bonds. The number of hydrogen-bond donors (Lipinski definition) is 2. The Morgan fingerprint density at radius 3 is 2.40 bits per heavy atom. The molecule has 2 aliphatic rings. The second kappa shape index (κ2) is 12.5. The Bertz CT molecular complexity index is 1440. The summed E-state index contributed by atoms with van der Waals surface area (Å²) in [6.07, 6.45) is 3.50. The van der Waals surface area contributed by atoms with Gasteiger partial charge in [-0.05, 0) is 55.3 Å². The number of nitrogens with zero attached hydrogens (tertiary/aromatic N) is 4. The van der Waals surface area contributed by atoms with Gasteiger partial charge >= 0.3 is 0 Å². The molecular weight excluding hydrogens is 548 g/mol. The molecule has 206 valence electrons. The second-order valence-corrected chi connectivity index (χ2v) is 11.0. The number of aliphatic imine (C=N–C) groups is 1. The number of rotatable bonds is 8. The number of likely N-dealkylation sites (N-methyl/N-ethyl adjacent to an activating group) is 1. The Morgan fingerprint density at radius 1 is 0.950 bits per heavy atom. The third kappa shape index (κ3) is 6.63. The number of hydrogen-bond acceptors (Lipinski definition) is 7. The van der Waals surface area contributed by atoms with Crippen molar-refractivity contribution in [1.82, 2.24) is 14.8 Å². The van der Waals surface area contributed by atoms with E-state index in [0.29, 0.717) is 22.1 Å². The standard InChI is InChI=1S/C29H29ClN6O3S/c1-35-15-12-31-27(35)19-4-6-20(7-5-19)28(38)33-24-10-9-22(40-18-26(37)36-13-2-3-14-36)16-23(24)29(39)34-25-11-8-21(30)17-32-25/h4-11,16-17H,2-3,12-15,18H2,1H3,(H,33,38)(H,32,34,39). The van der Waals surface area contributed by atoms with E-state index in [0.717, 1.165) is 55.3 Å². The van der Waals surface area contributed by atoms with E-state index < -0.39 is 5.91 Å². The van der Waals surface area contributed by atoms with E-state index >= 15 is 0 Å². The maximum atomic E-state index is 13.3. The molecule has 0 unspecified atom stereocenters. The lowest BCUT2D eigenvalue weighted by Gasteiger charge is -2.16. The van der Waals surface area contributed by atoms with E-state index in [4.69, 9.17) is 11.6 Å². The molecule has 0 saturated carbocycles. The number of anilines is 2. The van der Waals surface area contributed by atoms with Crippen molar-refractivity contribution in [3.63, 3.8) is 0 Å². The SMILES string of the molecule is CN1CCN=C1c1ccc(C(=O)Nc2ccc(SCC(=O)N3CCCC3)cc2C(=O)Nc2ccc(Cl)cn2)cc1. The van der Waals surface area contributed by atoms with Crippen LogP contribution in [0.2, 0.25) is 5.02 Å². The lowest BCUT2D eigenvalue weighted by atomic mass is 10.1. The Hall–Kier alpha value is -3.89. The number of pyridine rings is 1. The second-order valence-electron chi connectivity index (χ2n) is 9.56. The summed E-state index contributed by atoms with van der Waals surface area (Å²) < 4.78 is 0. The van der Waals surface area contributed by atoms with Gasteiger partial charge in [0.05, 0.1) is 28.6 Å². The summed E-state index contributed by atoms with van der Waals surface area (Å²) in [6, 6.07) is 15.6. The summed E-state index contributed by atoms with van der Waals surface area (Å²) in [7, 11) is 1.99. The normalized spacial score (nSPS) is 14.7. The predicted molar refractivity (Wildman–Crippen MR) is 159 cm³/mol. The van der Waals surface area contributed by atoms with Gasteiger partial charge < -0.3 is 20.4 Å². The minimum Gasteiger partial charge on any atom is -0.358 e. The summed E-state index contributed by atoms with van der Waals surface area (Å²) in [5.41, 5.74) is 1.99. The number of halogens is 1. The number of likely N-dealkylation sites (tertiary alicyclic amines) is 1. The van der Waals surface area contributed by atoms with Crippen molar-refractivity contribution in [2.24, 2.45) is 4.99 Å². The van der Waals surface area contributed by atoms with Crippen LogP contribution >= 0.6 is 23.4 Å². The Balaban J connectivity index is 1.34. The van der Waals surface area contributed by atoms with Crippen molar-refractivity contribution in [2.45, 2.75) is 17.7 Å². The Kier molecular flexibility index (Phi) is 8.66. The molecule has 1 fully saturated rings. The van der Waals surface area contributed by atoms with Crippen LogP contribution in [0, 0.1) is 0 Å². The molecule has 0 aliphatic carbocycles. The van der Waals surface area contributed by atoms with Gasteiger partial charge in [-0.15, -0.1) is 11.8 Å². The summed E-state index contributed by atoms with van der Waals surface area (Å²) in [6.45, 7) is 3.20. The minimum absolute atomic E-state index is 0.0782. The zero-order valence-corrected chi connectivity index (χ0v) is 23.6. The maximum absolute atomic E-state index is 13.3. The summed E-state index contributed by atoms with van der Waals surface area (Å²) in [5.74, 6) is 0.780. The topological polar surface area (TPSA) is 107 Å². The fourth-order valence-electron chi connectivity index (χ4n) is 4.56. The molecule has 0 radical (unpaired) electrons. The number of carbonyl (C=O) groups is 3. The van der Waals surface area contributed by atoms with Crippen LogP contribution in [0.5, 0.6) is 0 Å². The lowest BCUT2D eigenvalue weighted by Crippen LogP contribution is -2.29. The van der Waals surface area contributed by atoms with Crippen molar-refractivity contribution in [1.29, 1.82) is 0 Å². The quantitative estimate of drug-likeness (QED) is 0.378. The first-order chi connectivity index (χ1) is 19.4. The Labute approximate surface area is 242 Å². The molecule has 0 atom stereocenters. The molecule has 2 N–H and O–H groups in total. The molecule has 3 aromatic rings. The van der Waals surface area contributed by atoms with E-state index in [2.05, 4.69) is 25.5 Å². The third-order valence-corrected chi connectivity index (χ3v) is 7.94. The molecule has 9 nitrogen and oxygen atoms in total. The molecule has 40 heavy (non-hydrogen) atoms. The number of amides is 3. The molecule has 2 aliphatic heterocycles. The highest BCUT2D eigenvalue weighted by molar-refractivity contribution is 8.00. The molecule has 3 heterocycles. The van der Waals surface area contributed by atoms with Crippen LogP contribution in [-0.4, -0.2) is 77.3 Å². The van der Waals surface area contributed by atoms with Crippen molar-refractivity contribution >= 4 is 58.4 Å². The van der Waals surface area contributed by atoms with Crippen molar-refractivity contribution < 1.29 is 14.4 Å². The third-order valence-electron chi connectivity index (χ3n) is 6.74. The average Bonchev–Trinajstić information content (AvgIpc) is 3.66. The van der Waals surface area contributed by atoms with Crippen LogP contribution < -0.4 is 10.6 Å². The zero-order valence-electron chi connectivity index (χ0n) is 22.0. The molecule has 2 aromatic carbocycles. The number of benzene rings is 2. The van der Waals surface area contributed by atoms with Gasteiger partial charge in [-0.25, -0.2) is 4.98 Å². The van der Waals surface area contributed by atoms with E-state index in [9.17, 15) is 14.4 Å². The number of amidine groups is 1. The highest BCUT2D eigenvalue weighted by atomic mass is 35.5. The van der Waals surface area contributed by atoms with Crippen LogP contribution in [-0.2, 0) is 4.79 Å². The number of carbonyl (C=O) groups excluding carboxylic acids is 3. The van der Waals surface area contributed by atoms with E-state index in [1.807, 2.05) is 24.1 Å². The maximum Gasteiger partial charge on any atom is 0.258 e. The first kappa shape index (κ1) is 27.7. The monoisotopic (exact) mass is 576 g/mol. The molecule has 11 heteroatoms. The van der Waals surface area contributed by atoms with Crippen LogP contribution in [0.1, 0.15) is 39.1 Å². The Morgan fingerprint density at radius 2 is 1.73 bits per heavy atom. The molecular formula is C29H29ClN6O3S. The number of thioether (sulfide) groups is 1. The van der Waals surface area contributed by atoms with Gasteiger partial charge in [0.2, 0.25) is 5.91 Å². The lowest BCUT2D eigenvalue weighted by molar-refractivity contribution is -0.127. The van der Waals surface area contributed by atoms with Gasteiger partial charge in [-0.1, -0.05) is 23.7 Å². The van der Waals surface area contributed by atoms with Gasteiger partial charge in [-0.3, -0.25) is 19.4 Å².